The van der Waals surface area contributed by atoms with Gasteiger partial charge in [0.15, 0.2) is 0 Å². The van der Waals surface area contributed by atoms with Gasteiger partial charge >= 0.3 is 0 Å². The van der Waals surface area contributed by atoms with Gasteiger partial charge in [0.05, 0.1) is 0 Å². The average Bonchev–Trinajstić information content (AvgIpc) is 1.59. The van der Waals surface area contributed by atoms with Gasteiger partial charge in [0.2, 0.25) is 0 Å². The van der Waals surface area contributed by atoms with Crippen molar-refractivity contribution in [3.05, 3.63) is 29.0 Å². The fourth-order valence-corrected chi connectivity index (χ4v) is 1.10. The number of thiol groups is 1. The second-order valence-electron chi connectivity index (χ2n) is 1.63. The first kappa shape index (κ1) is 6.90. The van der Waals surface area contributed by atoms with Crippen LogP contribution < -0.4 is 0 Å². The summed E-state index contributed by atoms with van der Waals surface area (Å²) in [7, 11) is 0. The van der Waals surface area contributed by atoms with Crippen molar-refractivity contribution in [3.63, 3.8) is 0 Å². The van der Waals surface area contributed by atoms with Gasteiger partial charge in [-0.2, -0.15) is 0 Å². The fraction of sp³-hybridized carbons (Fsp3) is 0. The van der Waals surface area contributed by atoms with Gasteiger partial charge in [0, 0.05) is 9.92 Å². The molecule has 0 saturated heterocycles. The molecule has 0 heterocycles. The normalized spacial score (nSPS) is 9.67. The number of benzene rings is 1. The van der Waals surface area contributed by atoms with Crippen LogP contribution in [0.2, 0.25) is 5.02 Å². The molecule has 1 aromatic rings. The van der Waals surface area contributed by atoms with Crippen LogP contribution in [-0.4, -0.2) is 0 Å². The summed E-state index contributed by atoms with van der Waals surface area (Å²) in [5.74, 6) is -0.354. The van der Waals surface area contributed by atoms with E-state index in [1.165, 1.54) is 12.1 Å². The zero-order chi connectivity index (χ0) is 6.85. The third-order valence-corrected chi connectivity index (χ3v) is 1.32. The van der Waals surface area contributed by atoms with E-state index in [1.807, 2.05) is 0 Å². The summed E-state index contributed by atoms with van der Waals surface area (Å²) >= 11 is 9.36. The summed E-state index contributed by atoms with van der Waals surface area (Å²) in [6.45, 7) is 0. The van der Waals surface area contributed by atoms with Gasteiger partial charge < -0.3 is 0 Å². The van der Waals surface area contributed by atoms with E-state index < -0.39 is 0 Å². The minimum atomic E-state index is -0.354. The molecule has 0 amide bonds. The highest BCUT2D eigenvalue weighted by Gasteiger charge is 1.93. The second kappa shape index (κ2) is 2.58. The number of rotatable bonds is 0. The average molecular weight is 163 g/mol. The molecule has 0 fully saturated rings. The Bertz CT molecular complexity index is 174. The minimum absolute atomic E-state index is 0.354. The molecule has 0 atom stereocenters. The Labute approximate surface area is 63.1 Å². The monoisotopic (exact) mass is 162 g/mol. The molecule has 1 aromatic carbocycles. The van der Waals surface area contributed by atoms with Crippen molar-refractivity contribution in [3.8, 4) is 0 Å². The molecule has 0 nitrogen and oxygen atoms in total. The molecule has 3 heteroatoms. The topological polar surface area (TPSA) is 0 Å². The predicted molar refractivity (Wildman–Crippen MR) is 38.7 cm³/mol. The molecule has 9 heavy (non-hydrogen) atoms. The first-order chi connectivity index (χ1) is 4.18. The highest BCUT2D eigenvalue weighted by Crippen LogP contribution is 2.15. The minimum Gasteiger partial charge on any atom is -0.207 e. The third kappa shape index (κ3) is 1.88. The molecule has 0 aliphatic rings. The van der Waals surface area contributed by atoms with Crippen molar-refractivity contribution in [1.82, 2.24) is 0 Å². The fourth-order valence-electron chi connectivity index (χ4n) is 0.539. The Kier molecular flexibility index (Phi) is 1.98. The largest absolute Gasteiger partial charge is 0.207 e. The SMILES string of the molecule is Fc1cc(S)cc(Cl)c1. The van der Waals surface area contributed by atoms with Crippen LogP contribution in [0.3, 0.4) is 0 Å². The highest BCUT2D eigenvalue weighted by atomic mass is 35.5. The Balaban J connectivity index is 3.17. The van der Waals surface area contributed by atoms with Gasteiger partial charge in [-0.25, -0.2) is 4.39 Å². The van der Waals surface area contributed by atoms with E-state index in [4.69, 9.17) is 11.6 Å². The van der Waals surface area contributed by atoms with E-state index in [9.17, 15) is 4.39 Å². The van der Waals surface area contributed by atoms with E-state index in [1.54, 1.807) is 6.07 Å². The quantitative estimate of drug-likeness (QED) is 0.558. The Morgan fingerprint density at radius 3 is 2.44 bits per heavy atom. The summed E-state index contributed by atoms with van der Waals surface area (Å²) in [5, 5.41) is 0.375. The highest BCUT2D eigenvalue weighted by molar-refractivity contribution is 7.80. The van der Waals surface area contributed by atoms with E-state index in [2.05, 4.69) is 12.6 Å². The van der Waals surface area contributed by atoms with Gasteiger partial charge in [-0.1, -0.05) is 11.6 Å². The summed E-state index contributed by atoms with van der Waals surface area (Å²) in [4.78, 5) is 0.542. The molecular weight excluding hydrogens is 159 g/mol. The first-order valence-corrected chi connectivity index (χ1v) is 3.16. The van der Waals surface area contributed by atoms with Crippen LogP contribution in [0, 0.1) is 5.82 Å². The zero-order valence-corrected chi connectivity index (χ0v) is 6.09. The molecule has 0 spiro atoms. The van der Waals surface area contributed by atoms with Gasteiger partial charge in [-0.15, -0.1) is 12.6 Å². The van der Waals surface area contributed by atoms with E-state index >= 15 is 0 Å². The maximum atomic E-state index is 12.3. The van der Waals surface area contributed by atoms with Crippen molar-refractivity contribution < 1.29 is 4.39 Å². The maximum absolute atomic E-state index is 12.3. The summed E-state index contributed by atoms with van der Waals surface area (Å²) in [6, 6.07) is 4.12. The Morgan fingerprint density at radius 1 is 1.33 bits per heavy atom. The third-order valence-electron chi connectivity index (χ3n) is 0.847. The molecule has 0 aliphatic heterocycles. The van der Waals surface area contributed by atoms with Gasteiger partial charge in [-0.3, -0.25) is 0 Å². The van der Waals surface area contributed by atoms with Crippen LogP contribution >= 0.6 is 24.2 Å². The lowest BCUT2D eigenvalue weighted by Crippen LogP contribution is -1.72. The van der Waals surface area contributed by atoms with Crippen LogP contribution in [0.1, 0.15) is 0 Å². The van der Waals surface area contributed by atoms with Crippen molar-refractivity contribution in [2.24, 2.45) is 0 Å². The Hall–Kier alpha value is -0.210. The molecule has 1 rings (SSSR count). The standard InChI is InChI=1S/C6H4ClFS/c7-4-1-5(8)3-6(9)2-4/h1-3,9H. The molecule has 48 valence electrons. The van der Waals surface area contributed by atoms with Crippen LogP contribution in [0.15, 0.2) is 23.1 Å². The molecule has 0 radical (unpaired) electrons. The lowest BCUT2D eigenvalue weighted by atomic mass is 10.3. The van der Waals surface area contributed by atoms with E-state index in [0.717, 1.165) is 0 Å². The van der Waals surface area contributed by atoms with Crippen molar-refractivity contribution in [1.29, 1.82) is 0 Å². The maximum Gasteiger partial charge on any atom is 0.125 e. The molecule has 0 unspecified atom stereocenters. The smallest absolute Gasteiger partial charge is 0.125 e. The van der Waals surface area contributed by atoms with Crippen LogP contribution in [-0.2, 0) is 0 Å². The van der Waals surface area contributed by atoms with Gasteiger partial charge in [-0.05, 0) is 18.2 Å². The lowest BCUT2D eigenvalue weighted by molar-refractivity contribution is 0.624. The predicted octanol–water partition coefficient (Wildman–Crippen LogP) is 2.77. The first-order valence-electron chi connectivity index (χ1n) is 2.33. The summed E-state index contributed by atoms with van der Waals surface area (Å²) in [6.07, 6.45) is 0. The molecular formula is C6H4ClFS. The molecule has 0 N–H and O–H groups in total. The lowest BCUT2D eigenvalue weighted by Gasteiger charge is -1.91. The van der Waals surface area contributed by atoms with Crippen molar-refractivity contribution in [2.45, 2.75) is 4.90 Å². The van der Waals surface area contributed by atoms with Crippen LogP contribution in [0.4, 0.5) is 4.39 Å². The number of halogens is 2. The second-order valence-corrected chi connectivity index (χ2v) is 2.58. The number of hydrogen-bond donors (Lipinski definition) is 1. The number of hydrogen-bond acceptors (Lipinski definition) is 1. The molecule has 0 saturated carbocycles. The zero-order valence-electron chi connectivity index (χ0n) is 4.44. The molecule has 0 bridgehead atoms. The summed E-state index contributed by atoms with van der Waals surface area (Å²) < 4.78 is 12.3. The molecule has 0 aromatic heterocycles. The van der Waals surface area contributed by atoms with Gasteiger partial charge in [0.25, 0.3) is 0 Å². The van der Waals surface area contributed by atoms with Gasteiger partial charge in [0.1, 0.15) is 5.82 Å². The summed E-state index contributed by atoms with van der Waals surface area (Å²) in [5.41, 5.74) is 0. The van der Waals surface area contributed by atoms with E-state index in [0.29, 0.717) is 9.92 Å². The van der Waals surface area contributed by atoms with Crippen molar-refractivity contribution >= 4 is 24.2 Å². The van der Waals surface area contributed by atoms with Crippen LogP contribution in [0.25, 0.3) is 0 Å². The van der Waals surface area contributed by atoms with E-state index in [-0.39, 0.29) is 5.82 Å². The molecule has 0 aliphatic carbocycles. The van der Waals surface area contributed by atoms with Crippen molar-refractivity contribution in [2.75, 3.05) is 0 Å². The Morgan fingerprint density at radius 2 is 2.00 bits per heavy atom. The van der Waals surface area contributed by atoms with Crippen LogP contribution in [0.5, 0.6) is 0 Å².